The average Bonchev–Trinajstić information content (AvgIpc) is 1.81. The largest absolute Gasteiger partial charge is 1.00 e. The van der Waals surface area contributed by atoms with Crippen molar-refractivity contribution in [2.24, 2.45) is 5.92 Å². The molecule has 0 saturated carbocycles. The number of carbonyl (C=O) groups is 2. The third-order valence-corrected chi connectivity index (χ3v) is 1.31. The first-order valence-electron chi connectivity index (χ1n) is 2.54. The van der Waals surface area contributed by atoms with Crippen LogP contribution in [0.4, 0.5) is 0 Å². The van der Waals surface area contributed by atoms with Crippen molar-refractivity contribution < 1.29 is 78.9 Å². The molecule has 7 heteroatoms. The summed E-state index contributed by atoms with van der Waals surface area (Å²) in [5, 5.41) is 19.8. The van der Waals surface area contributed by atoms with Gasteiger partial charge >= 0.3 is 59.1 Å². The fraction of sp³-hybridized carbons (Fsp3) is 0.600. The summed E-state index contributed by atoms with van der Waals surface area (Å²) in [6, 6.07) is 0. The zero-order chi connectivity index (χ0) is 8.15. The van der Waals surface area contributed by atoms with Crippen LogP contribution in [0.3, 0.4) is 0 Å². The van der Waals surface area contributed by atoms with Gasteiger partial charge in [-0.1, -0.05) is 0 Å². The summed E-state index contributed by atoms with van der Waals surface area (Å²) in [6.07, 6.45) is -0.591. The van der Waals surface area contributed by atoms with Crippen molar-refractivity contribution >= 4 is 23.5 Å². The standard InChI is InChI=1S/C5H7ClO4.2Na/c6-2-3(5(9)10)1-4(7)8;;/h3H,1-2H2,(H,7,8)(H,9,10);;/q;2*+1/p-2. The molecule has 0 spiro atoms. The molecule has 0 aromatic heterocycles. The summed E-state index contributed by atoms with van der Waals surface area (Å²) in [5.74, 6) is -4.31. The second kappa shape index (κ2) is 10.3. The van der Waals surface area contributed by atoms with Crippen molar-refractivity contribution in [3.8, 4) is 0 Å². The molecule has 0 heterocycles. The molecule has 0 aromatic carbocycles. The Hall–Kier alpha value is 1.23. The number of carboxylic acids is 2. The molecule has 0 rings (SSSR count). The number of rotatable bonds is 4. The minimum Gasteiger partial charge on any atom is -0.550 e. The van der Waals surface area contributed by atoms with E-state index in [4.69, 9.17) is 11.6 Å². The summed E-state index contributed by atoms with van der Waals surface area (Å²) < 4.78 is 0. The van der Waals surface area contributed by atoms with E-state index in [2.05, 4.69) is 0 Å². The second-order valence-corrected chi connectivity index (χ2v) is 2.06. The number of hydrogen-bond acceptors (Lipinski definition) is 4. The number of alkyl halides is 1. The van der Waals surface area contributed by atoms with Gasteiger partial charge in [-0.2, -0.15) is 0 Å². The van der Waals surface area contributed by atoms with E-state index >= 15 is 0 Å². The number of carboxylic acid groups (broad SMARTS) is 2. The van der Waals surface area contributed by atoms with E-state index < -0.39 is 24.3 Å². The predicted octanol–water partition coefficient (Wildman–Crippen LogP) is -8.26. The van der Waals surface area contributed by atoms with Crippen LogP contribution >= 0.6 is 11.6 Å². The molecular weight excluding hydrogens is 205 g/mol. The van der Waals surface area contributed by atoms with Crippen molar-refractivity contribution in [1.29, 1.82) is 0 Å². The monoisotopic (exact) mass is 210 g/mol. The van der Waals surface area contributed by atoms with Crippen LogP contribution in [0.25, 0.3) is 0 Å². The van der Waals surface area contributed by atoms with Gasteiger partial charge in [0, 0.05) is 23.7 Å². The van der Waals surface area contributed by atoms with Crippen molar-refractivity contribution in [2.45, 2.75) is 6.42 Å². The van der Waals surface area contributed by atoms with Crippen LogP contribution in [0.2, 0.25) is 0 Å². The Morgan fingerprint density at radius 2 is 1.67 bits per heavy atom. The smallest absolute Gasteiger partial charge is 0.550 e. The molecule has 0 fully saturated rings. The number of halogens is 1. The third-order valence-electron chi connectivity index (χ3n) is 0.933. The van der Waals surface area contributed by atoms with Crippen LogP contribution < -0.4 is 69.3 Å². The Balaban J connectivity index is -0.000000405. The van der Waals surface area contributed by atoms with Crippen LogP contribution in [0.1, 0.15) is 6.42 Å². The number of carbonyl (C=O) groups excluding carboxylic acids is 2. The molecule has 0 saturated heterocycles. The quantitative estimate of drug-likeness (QED) is 0.341. The van der Waals surface area contributed by atoms with Gasteiger partial charge < -0.3 is 19.8 Å². The normalized spacial score (nSPS) is 10.4. The van der Waals surface area contributed by atoms with E-state index in [0.29, 0.717) is 0 Å². The molecular formula is C5H5ClNa2O4. The van der Waals surface area contributed by atoms with E-state index in [1.165, 1.54) is 0 Å². The van der Waals surface area contributed by atoms with Gasteiger partial charge in [0.1, 0.15) is 0 Å². The average molecular weight is 211 g/mol. The first-order chi connectivity index (χ1) is 4.57. The number of hydrogen-bond donors (Lipinski definition) is 0. The van der Waals surface area contributed by atoms with Gasteiger partial charge in [-0.05, 0) is 6.42 Å². The molecule has 0 amide bonds. The van der Waals surface area contributed by atoms with Gasteiger partial charge in [0.05, 0.1) is 0 Å². The minimum atomic E-state index is -1.46. The molecule has 58 valence electrons. The maximum atomic E-state index is 9.98. The van der Waals surface area contributed by atoms with Gasteiger partial charge in [-0.15, -0.1) is 11.6 Å². The van der Waals surface area contributed by atoms with Crippen molar-refractivity contribution in [3.63, 3.8) is 0 Å². The Bertz CT molecular complexity index is 152. The van der Waals surface area contributed by atoms with Gasteiger partial charge in [0.2, 0.25) is 0 Å². The second-order valence-electron chi connectivity index (χ2n) is 1.75. The summed E-state index contributed by atoms with van der Waals surface area (Å²) in [4.78, 5) is 19.8. The Kier molecular flexibility index (Phi) is 16.2. The van der Waals surface area contributed by atoms with Crippen LogP contribution in [-0.4, -0.2) is 17.8 Å². The SMILES string of the molecule is O=C([O-])CC(CCl)C(=O)[O-].[Na+].[Na+]. The first kappa shape index (κ1) is 18.9. The summed E-state index contributed by atoms with van der Waals surface area (Å²) in [7, 11) is 0. The molecule has 1 unspecified atom stereocenters. The third kappa shape index (κ3) is 9.32. The van der Waals surface area contributed by atoms with Gasteiger partial charge in [0.15, 0.2) is 0 Å². The Morgan fingerprint density at radius 1 is 1.25 bits per heavy atom. The van der Waals surface area contributed by atoms with E-state index in [-0.39, 0.29) is 65.0 Å². The fourth-order valence-electron chi connectivity index (χ4n) is 0.402. The zero-order valence-corrected chi connectivity index (χ0v) is 11.8. The molecule has 0 radical (unpaired) electrons. The maximum absolute atomic E-state index is 9.98. The predicted molar refractivity (Wildman–Crippen MR) is 28.8 cm³/mol. The van der Waals surface area contributed by atoms with Crippen LogP contribution in [0, 0.1) is 5.92 Å². The molecule has 0 aliphatic heterocycles. The molecule has 1 atom stereocenters. The fourth-order valence-corrected chi connectivity index (χ4v) is 0.637. The summed E-state index contributed by atoms with van der Waals surface area (Å²) >= 11 is 5.09. The molecule has 0 bridgehead atoms. The Labute approximate surface area is 119 Å². The molecule has 4 nitrogen and oxygen atoms in total. The minimum absolute atomic E-state index is 0. The zero-order valence-electron chi connectivity index (χ0n) is 7.00. The van der Waals surface area contributed by atoms with Gasteiger partial charge in [0.25, 0.3) is 0 Å². The van der Waals surface area contributed by atoms with Crippen molar-refractivity contribution in [1.82, 2.24) is 0 Å². The van der Waals surface area contributed by atoms with Gasteiger partial charge in [-0.25, -0.2) is 0 Å². The number of aliphatic carboxylic acids is 2. The van der Waals surface area contributed by atoms with Crippen molar-refractivity contribution in [3.05, 3.63) is 0 Å². The topological polar surface area (TPSA) is 80.3 Å². The van der Waals surface area contributed by atoms with Gasteiger partial charge in [-0.3, -0.25) is 0 Å². The first-order valence-corrected chi connectivity index (χ1v) is 3.08. The molecule has 0 aromatic rings. The van der Waals surface area contributed by atoms with Crippen LogP contribution in [0.5, 0.6) is 0 Å². The van der Waals surface area contributed by atoms with E-state index in [0.717, 1.165) is 0 Å². The Morgan fingerprint density at radius 3 is 1.75 bits per heavy atom. The van der Waals surface area contributed by atoms with E-state index in [1.807, 2.05) is 0 Å². The van der Waals surface area contributed by atoms with Crippen LogP contribution in [0.15, 0.2) is 0 Å². The molecule has 0 aliphatic rings. The summed E-state index contributed by atoms with van der Waals surface area (Å²) in [5.41, 5.74) is 0. The summed E-state index contributed by atoms with van der Waals surface area (Å²) in [6.45, 7) is 0. The molecule has 0 aliphatic carbocycles. The van der Waals surface area contributed by atoms with E-state index in [9.17, 15) is 19.8 Å². The molecule has 12 heavy (non-hydrogen) atoms. The maximum Gasteiger partial charge on any atom is 1.00 e. The van der Waals surface area contributed by atoms with E-state index in [1.54, 1.807) is 0 Å². The van der Waals surface area contributed by atoms with Crippen LogP contribution in [-0.2, 0) is 9.59 Å². The molecule has 0 N–H and O–H groups in total. The van der Waals surface area contributed by atoms with Crippen molar-refractivity contribution in [2.75, 3.05) is 5.88 Å².